The molecule has 1 atom stereocenters. The summed E-state index contributed by atoms with van der Waals surface area (Å²) in [6.45, 7) is 1.44. The molecule has 0 bridgehead atoms. The van der Waals surface area contributed by atoms with Crippen molar-refractivity contribution in [3.63, 3.8) is 0 Å². The Kier molecular flexibility index (Phi) is 3.88. The third-order valence-corrected chi connectivity index (χ3v) is 3.16. The highest BCUT2D eigenvalue weighted by Gasteiger charge is 2.22. The van der Waals surface area contributed by atoms with Gasteiger partial charge in [0, 0.05) is 0 Å². The quantitative estimate of drug-likeness (QED) is 0.474. The molecule has 1 fully saturated rings. The molecule has 0 N–H and O–H groups in total. The maximum absolute atomic E-state index is 5.61. The zero-order chi connectivity index (χ0) is 13.8. The van der Waals surface area contributed by atoms with E-state index in [4.69, 9.17) is 9.47 Å². The van der Waals surface area contributed by atoms with Crippen LogP contribution in [0.5, 0.6) is 5.75 Å². The molecule has 2 aromatic rings. The van der Waals surface area contributed by atoms with Crippen molar-refractivity contribution in [2.45, 2.75) is 6.10 Å². The Hall–Kier alpha value is -2.00. The van der Waals surface area contributed by atoms with Gasteiger partial charge in [-0.1, -0.05) is 24.3 Å². The third kappa shape index (κ3) is 3.31. The summed E-state index contributed by atoms with van der Waals surface area (Å²) in [6, 6.07) is 15.9. The molecule has 2 aromatic carbocycles. The molecule has 0 saturated carbocycles. The van der Waals surface area contributed by atoms with Gasteiger partial charge in [0.05, 0.1) is 17.5 Å². The fourth-order valence-electron chi connectivity index (χ4n) is 1.88. The molecule has 3 nitrogen and oxygen atoms in total. The van der Waals surface area contributed by atoms with E-state index in [2.05, 4.69) is 22.4 Å². The summed E-state index contributed by atoms with van der Waals surface area (Å²) in [5, 5.41) is 2.36. The topological polar surface area (TPSA) is 34.1 Å². The molecule has 0 radical (unpaired) electrons. The van der Waals surface area contributed by atoms with Crippen LogP contribution in [0, 0.1) is 0 Å². The number of benzene rings is 2. The van der Waals surface area contributed by atoms with Gasteiger partial charge >= 0.3 is 0 Å². The summed E-state index contributed by atoms with van der Waals surface area (Å²) in [6.07, 6.45) is 0.281. The van der Waals surface area contributed by atoms with Gasteiger partial charge in [0.25, 0.3) is 0 Å². The van der Waals surface area contributed by atoms with Crippen molar-refractivity contribution in [1.82, 2.24) is 0 Å². The molecule has 1 saturated heterocycles. The summed E-state index contributed by atoms with van der Waals surface area (Å²) in [7, 11) is 0. The minimum absolute atomic E-state index is 0.281. The minimum atomic E-state index is 0.281. The van der Waals surface area contributed by atoms with Crippen molar-refractivity contribution in [3.05, 3.63) is 48.5 Å². The molecule has 0 amide bonds. The number of nitrogens with zero attached hydrogens (tertiary/aromatic N) is 1. The van der Waals surface area contributed by atoms with Crippen LogP contribution in [0.4, 0.5) is 5.69 Å². The van der Waals surface area contributed by atoms with Crippen LogP contribution < -0.4 is 4.74 Å². The molecule has 1 aliphatic heterocycles. The Morgan fingerprint density at radius 1 is 1.10 bits per heavy atom. The molecule has 1 aliphatic rings. The average molecular weight is 283 g/mol. The molecule has 20 heavy (non-hydrogen) atoms. The maximum atomic E-state index is 5.61. The Labute approximate surface area is 122 Å². The maximum Gasteiger partial charge on any atom is 0.119 e. The van der Waals surface area contributed by atoms with Gasteiger partial charge < -0.3 is 9.47 Å². The van der Waals surface area contributed by atoms with Crippen LogP contribution in [0.2, 0.25) is 0 Å². The van der Waals surface area contributed by atoms with Gasteiger partial charge in [-0.05, 0) is 47.6 Å². The van der Waals surface area contributed by atoms with Crippen molar-refractivity contribution in [1.29, 1.82) is 0 Å². The van der Waals surface area contributed by atoms with Crippen molar-refractivity contribution in [2.24, 2.45) is 4.99 Å². The second-order valence-electron chi connectivity index (χ2n) is 4.54. The van der Waals surface area contributed by atoms with Crippen molar-refractivity contribution in [2.75, 3.05) is 13.2 Å². The van der Waals surface area contributed by atoms with Crippen LogP contribution in [0.3, 0.4) is 0 Å². The second kappa shape index (κ2) is 5.97. The SMILES string of the molecule is S=C=Nc1ccc(-c2ccc(OCC3CO3)cc2)cc1. The molecule has 1 heterocycles. The van der Waals surface area contributed by atoms with Crippen molar-refractivity contribution < 1.29 is 9.47 Å². The van der Waals surface area contributed by atoms with Gasteiger partial charge in [-0.15, -0.1) is 0 Å². The van der Waals surface area contributed by atoms with Gasteiger partial charge in [0.15, 0.2) is 0 Å². The van der Waals surface area contributed by atoms with Gasteiger partial charge in [-0.3, -0.25) is 0 Å². The molecule has 100 valence electrons. The summed E-state index contributed by atoms with van der Waals surface area (Å²) in [4.78, 5) is 3.94. The highest BCUT2D eigenvalue weighted by molar-refractivity contribution is 7.78. The number of hydrogen-bond donors (Lipinski definition) is 0. The van der Waals surface area contributed by atoms with Crippen molar-refractivity contribution >= 4 is 23.1 Å². The molecule has 1 unspecified atom stereocenters. The minimum Gasteiger partial charge on any atom is -0.491 e. The van der Waals surface area contributed by atoms with E-state index in [1.807, 2.05) is 48.5 Å². The molecular weight excluding hydrogens is 270 g/mol. The lowest BCUT2D eigenvalue weighted by molar-refractivity contribution is 0.263. The predicted molar refractivity (Wildman–Crippen MR) is 81.8 cm³/mol. The zero-order valence-electron chi connectivity index (χ0n) is 10.8. The predicted octanol–water partition coefficient (Wildman–Crippen LogP) is 3.87. The van der Waals surface area contributed by atoms with E-state index in [0.717, 1.165) is 29.2 Å². The fraction of sp³-hybridized carbons (Fsp3) is 0.188. The standard InChI is InChI=1S/C16H13NO2S/c20-11-17-14-5-1-12(2-6-14)13-3-7-15(8-4-13)18-9-16-10-19-16/h1-8,16H,9-10H2. The number of ether oxygens (including phenoxy) is 2. The highest BCUT2D eigenvalue weighted by atomic mass is 32.1. The van der Waals surface area contributed by atoms with E-state index >= 15 is 0 Å². The van der Waals surface area contributed by atoms with Crippen molar-refractivity contribution in [3.8, 4) is 16.9 Å². The zero-order valence-corrected chi connectivity index (χ0v) is 11.6. The van der Waals surface area contributed by atoms with Crippen LogP contribution in [-0.2, 0) is 4.74 Å². The van der Waals surface area contributed by atoms with E-state index < -0.39 is 0 Å². The second-order valence-corrected chi connectivity index (χ2v) is 4.72. The van der Waals surface area contributed by atoms with E-state index in [1.54, 1.807) is 0 Å². The third-order valence-electron chi connectivity index (χ3n) is 3.07. The van der Waals surface area contributed by atoms with Gasteiger partial charge in [-0.2, -0.15) is 4.99 Å². The van der Waals surface area contributed by atoms with Gasteiger partial charge in [0.2, 0.25) is 0 Å². The highest BCUT2D eigenvalue weighted by Crippen LogP contribution is 2.25. The lowest BCUT2D eigenvalue weighted by Gasteiger charge is -2.06. The van der Waals surface area contributed by atoms with Gasteiger partial charge in [0.1, 0.15) is 18.5 Å². The fourth-order valence-corrected chi connectivity index (χ4v) is 1.98. The Morgan fingerprint density at radius 3 is 2.25 bits per heavy atom. The summed E-state index contributed by atoms with van der Waals surface area (Å²) < 4.78 is 10.7. The largest absolute Gasteiger partial charge is 0.491 e. The first-order valence-electron chi connectivity index (χ1n) is 6.38. The number of epoxide rings is 1. The summed E-state index contributed by atoms with van der Waals surface area (Å²) in [5.41, 5.74) is 3.08. The van der Waals surface area contributed by atoms with Crippen LogP contribution in [0.15, 0.2) is 53.5 Å². The van der Waals surface area contributed by atoms with E-state index in [9.17, 15) is 0 Å². The monoisotopic (exact) mass is 283 g/mol. The number of isothiocyanates is 1. The van der Waals surface area contributed by atoms with Crippen LogP contribution >= 0.6 is 12.2 Å². The smallest absolute Gasteiger partial charge is 0.119 e. The number of rotatable bonds is 5. The molecule has 0 spiro atoms. The lowest BCUT2D eigenvalue weighted by Crippen LogP contribution is -2.03. The normalized spacial score (nSPS) is 16.3. The molecule has 0 aliphatic carbocycles. The summed E-state index contributed by atoms with van der Waals surface area (Å²) >= 11 is 4.58. The van der Waals surface area contributed by atoms with E-state index in [1.165, 1.54) is 0 Å². The summed E-state index contributed by atoms with van der Waals surface area (Å²) in [5.74, 6) is 0.867. The molecular formula is C16H13NO2S. The first-order chi connectivity index (χ1) is 9.85. The Bertz CT molecular complexity index is 627. The molecule has 0 aromatic heterocycles. The average Bonchev–Trinajstić information content (AvgIpc) is 3.31. The molecule has 4 heteroatoms. The number of hydrogen-bond acceptors (Lipinski definition) is 4. The molecule has 3 rings (SSSR count). The number of aliphatic imine (C=N–C) groups is 1. The van der Waals surface area contributed by atoms with Crippen LogP contribution in [0.25, 0.3) is 11.1 Å². The number of thiocarbonyl (C=S) groups is 1. The van der Waals surface area contributed by atoms with Crippen LogP contribution in [-0.4, -0.2) is 24.5 Å². The van der Waals surface area contributed by atoms with Gasteiger partial charge in [-0.25, -0.2) is 0 Å². The van der Waals surface area contributed by atoms with E-state index in [0.29, 0.717) is 6.61 Å². The first kappa shape index (κ1) is 13.0. The lowest BCUT2D eigenvalue weighted by atomic mass is 10.1. The first-order valence-corrected chi connectivity index (χ1v) is 6.79. The Morgan fingerprint density at radius 2 is 1.70 bits per heavy atom. The Balaban J connectivity index is 1.70. The van der Waals surface area contributed by atoms with Crippen LogP contribution in [0.1, 0.15) is 0 Å². The van der Waals surface area contributed by atoms with E-state index in [-0.39, 0.29) is 6.10 Å².